The van der Waals surface area contributed by atoms with E-state index in [2.05, 4.69) is 4.72 Å². The fourth-order valence-electron chi connectivity index (χ4n) is 2.28. The van der Waals surface area contributed by atoms with Gasteiger partial charge < -0.3 is 14.2 Å². The zero-order chi connectivity index (χ0) is 18.6. The van der Waals surface area contributed by atoms with Gasteiger partial charge in [0.15, 0.2) is 0 Å². The molecule has 1 N–H and O–H groups in total. The van der Waals surface area contributed by atoms with Crippen molar-refractivity contribution in [2.75, 3.05) is 14.2 Å². The van der Waals surface area contributed by atoms with Crippen LogP contribution in [0.3, 0.4) is 0 Å². The van der Waals surface area contributed by atoms with Crippen LogP contribution in [-0.2, 0) is 29.1 Å². The summed E-state index contributed by atoms with van der Waals surface area (Å²) in [5.41, 5.74) is 0.453. The van der Waals surface area contributed by atoms with Crippen molar-refractivity contribution in [3.8, 4) is 5.75 Å². The van der Waals surface area contributed by atoms with Gasteiger partial charge in [-0.3, -0.25) is 0 Å². The second-order valence-corrected chi connectivity index (χ2v) is 7.21. The summed E-state index contributed by atoms with van der Waals surface area (Å²) in [5, 5.41) is 0. The molecule has 0 radical (unpaired) electrons. The Hall–Kier alpha value is -2.39. The zero-order valence-electron chi connectivity index (χ0n) is 14.0. The molecule has 1 aromatic rings. The molecule has 1 aliphatic rings. The molecule has 1 aliphatic heterocycles. The Kier molecular flexibility index (Phi) is 5.81. The fraction of sp³-hybridized carbons (Fsp3) is 0.375. The highest BCUT2D eigenvalue weighted by molar-refractivity contribution is 7.89. The highest BCUT2D eigenvalue weighted by Gasteiger charge is 2.34. The third-order valence-electron chi connectivity index (χ3n) is 3.54. The number of cyclic esters (lactones) is 1. The fourth-order valence-corrected chi connectivity index (χ4v) is 3.20. The smallest absolute Gasteiger partial charge is 0.347 e. The molecule has 0 amide bonds. The van der Waals surface area contributed by atoms with Gasteiger partial charge in [0.05, 0.1) is 7.11 Å². The molecular weight excluding hydrogens is 350 g/mol. The summed E-state index contributed by atoms with van der Waals surface area (Å²) in [4.78, 5) is 23.2. The number of ether oxygens (including phenoxy) is 3. The minimum atomic E-state index is -3.72. The van der Waals surface area contributed by atoms with Crippen LogP contribution in [0.15, 0.2) is 29.2 Å². The van der Waals surface area contributed by atoms with E-state index >= 15 is 0 Å². The Morgan fingerprint density at radius 3 is 2.68 bits per heavy atom. The maximum atomic E-state index is 12.0. The van der Waals surface area contributed by atoms with Gasteiger partial charge in [0.1, 0.15) is 16.7 Å². The van der Waals surface area contributed by atoms with E-state index in [9.17, 15) is 18.0 Å². The van der Waals surface area contributed by atoms with Gasteiger partial charge >= 0.3 is 11.9 Å². The van der Waals surface area contributed by atoms with Crippen LogP contribution in [0.1, 0.15) is 18.9 Å². The lowest BCUT2D eigenvalue weighted by atomic mass is 10.2. The van der Waals surface area contributed by atoms with Crippen molar-refractivity contribution in [2.45, 2.75) is 30.4 Å². The molecule has 136 valence electrons. The van der Waals surface area contributed by atoms with E-state index < -0.39 is 28.1 Å². The van der Waals surface area contributed by atoms with Crippen LogP contribution in [0, 0.1) is 0 Å². The predicted octanol–water partition coefficient (Wildman–Crippen LogP) is 0.864. The largest absolute Gasteiger partial charge is 0.495 e. The molecule has 1 heterocycles. The SMILES string of the molecule is CNS(=O)(=O)c1cc(/C=C/C(=O)O[C@H]2C[C@@H](C)OC2=O)ccc1OC. The van der Waals surface area contributed by atoms with Gasteiger partial charge in [0.2, 0.25) is 16.1 Å². The standard InChI is InChI=1S/C16H19NO7S/c1-10-8-13(16(19)23-10)24-15(18)7-5-11-4-6-12(22-3)14(9-11)25(20,21)17-2/h4-7,9-10,13,17H,8H2,1-3H3/b7-5+/t10-,13+/m1/s1. The molecule has 0 bridgehead atoms. The quantitative estimate of drug-likeness (QED) is 0.585. The molecule has 25 heavy (non-hydrogen) atoms. The Morgan fingerprint density at radius 2 is 2.12 bits per heavy atom. The number of nitrogens with one attached hydrogen (secondary N) is 1. The van der Waals surface area contributed by atoms with E-state index in [1.807, 2.05) is 0 Å². The molecular formula is C16H19NO7S. The number of hydrogen-bond acceptors (Lipinski definition) is 7. The van der Waals surface area contributed by atoms with E-state index in [-0.39, 0.29) is 16.7 Å². The summed E-state index contributed by atoms with van der Waals surface area (Å²) in [6.45, 7) is 1.71. The Bertz CT molecular complexity index is 801. The van der Waals surface area contributed by atoms with Crippen LogP contribution in [0.2, 0.25) is 0 Å². The molecule has 1 aromatic carbocycles. The molecule has 0 saturated carbocycles. The van der Waals surface area contributed by atoms with Crippen molar-refractivity contribution in [1.29, 1.82) is 0 Å². The second kappa shape index (κ2) is 7.66. The van der Waals surface area contributed by atoms with Crippen molar-refractivity contribution in [3.05, 3.63) is 29.8 Å². The average molecular weight is 369 g/mol. The van der Waals surface area contributed by atoms with Gasteiger partial charge in [-0.1, -0.05) is 6.07 Å². The van der Waals surface area contributed by atoms with Crippen molar-refractivity contribution in [2.24, 2.45) is 0 Å². The van der Waals surface area contributed by atoms with Gasteiger partial charge in [0.25, 0.3) is 0 Å². The van der Waals surface area contributed by atoms with Crippen LogP contribution in [0.25, 0.3) is 6.08 Å². The van der Waals surface area contributed by atoms with E-state index in [0.717, 1.165) is 6.08 Å². The monoisotopic (exact) mass is 369 g/mol. The molecule has 0 aliphatic carbocycles. The molecule has 2 atom stereocenters. The van der Waals surface area contributed by atoms with Gasteiger partial charge in [-0.2, -0.15) is 0 Å². The second-order valence-electron chi connectivity index (χ2n) is 5.36. The molecule has 8 nitrogen and oxygen atoms in total. The number of hydrogen-bond donors (Lipinski definition) is 1. The first-order valence-electron chi connectivity index (χ1n) is 7.47. The minimum Gasteiger partial charge on any atom is -0.495 e. The molecule has 0 aromatic heterocycles. The molecule has 0 unspecified atom stereocenters. The van der Waals surface area contributed by atoms with Crippen LogP contribution in [0.4, 0.5) is 0 Å². The third kappa shape index (κ3) is 4.58. The van der Waals surface area contributed by atoms with Crippen LogP contribution in [0.5, 0.6) is 5.75 Å². The molecule has 9 heteroatoms. The van der Waals surface area contributed by atoms with Gasteiger partial charge in [-0.05, 0) is 37.7 Å². The maximum Gasteiger partial charge on any atom is 0.347 e. The Balaban J connectivity index is 2.14. The lowest BCUT2D eigenvalue weighted by Crippen LogP contribution is -2.21. The summed E-state index contributed by atoms with van der Waals surface area (Å²) < 4.78 is 41.2. The van der Waals surface area contributed by atoms with Crippen LogP contribution in [-0.4, -0.2) is 46.7 Å². The number of rotatable bonds is 6. The van der Waals surface area contributed by atoms with Crippen LogP contribution >= 0.6 is 0 Å². The maximum absolute atomic E-state index is 12.0. The van der Waals surface area contributed by atoms with Gasteiger partial charge in [-0.25, -0.2) is 22.7 Å². The lowest BCUT2D eigenvalue weighted by Gasteiger charge is -2.09. The van der Waals surface area contributed by atoms with Crippen LogP contribution < -0.4 is 9.46 Å². The number of carbonyl (C=O) groups excluding carboxylic acids is 2. The van der Waals surface area contributed by atoms with Gasteiger partial charge in [-0.15, -0.1) is 0 Å². The first-order chi connectivity index (χ1) is 11.8. The van der Waals surface area contributed by atoms with E-state index in [4.69, 9.17) is 14.2 Å². The van der Waals surface area contributed by atoms with E-state index in [1.165, 1.54) is 32.4 Å². The van der Waals surface area contributed by atoms with Gasteiger partial charge in [0, 0.05) is 12.5 Å². The number of methoxy groups -OCH3 is 1. The van der Waals surface area contributed by atoms with Crippen molar-refractivity contribution in [3.63, 3.8) is 0 Å². The number of benzene rings is 1. The van der Waals surface area contributed by atoms with Crippen molar-refractivity contribution >= 4 is 28.0 Å². The summed E-state index contributed by atoms with van der Waals surface area (Å²) in [5.74, 6) is -1.11. The molecule has 1 fully saturated rings. The minimum absolute atomic E-state index is 0.0544. The average Bonchev–Trinajstić information content (AvgIpc) is 2.89. The highest BCUT2D eigenvalue weighted by atomic mass is 32.2. The summed E-state index contributed by atoms with van der Waals surface area (Å²) in [7, 11) is -1.07. The van der Waals surface area contributed by atoms with E-state index in [1.54, 1.807) is 13.0 Å². The molecule has 2 rings (SSSR count). The number of carbonyl (C=O) groups is 2. The zero-order valence-corrected chi connectivity index (χ0v) is 14.8. The number of sulfonamides is 1. The third-order valence-corrected chi connectivity index (χ3v) is 4.98. The first kappa shape index (κ1) is 18.9. The summed E-state index contributed by atoms with van der Waals surface area (Å²) >= 11 is 0. The normalized spacial score (nSPS) is 20.5. The molecule has 0 spiro atoms. The summed E-state index contributed by atoms with van der Waals surface area (Å²) in [6.07, 6.45) is 1.62. The highest BCUT2D eigenvalue weighted by Crippen LogP contribution is 2.25. The predicted molar refractivity (Wildman–Crippen MR) is 88.3 cm³/mol. The number of esters is 2. The Labute approximate surface area is 145 Å². The van der Waals surface area contributed by atoms with E-state index in [0.29, 0.717) is 12.0 Å². The first-order valence-corrected chi connectivity index (χ1v) is 8.96. The summed E-state index contributed by atoms with van der Waals surface area (Å²) in [6, 6.07) is 4.43. The van der Waals surface area contributed by atoms with Crippen molar-refractivity contribution < 1.29 is 32.2 Å². The topological polar surface area (TPSA) is 108 Å². The van der Waals surface area contributed by atoms with Crippen molar-refractivity contribution in [1.82, 2.24) is 4.72 Å². The molecule has 1 saturated heterocycles. The lowest BCUT2D eigenvalue weighted by molar-refractivity contribution is -0.157. The Morgan fingerprint density at radius 1 is 1.40 bits per heavy atom.